The second-order valence-corrected chi connectivity index (χ2v) is 5.74. The van der Waals surface area contributed by atoms with E-state index in [1.165, 1.54) is 13.1 Å². The highest BCUT2D eigenvalue weighted by Gasteiger charge is 2.35. The molecule has 24 heavy (non-hydrogen) atoms. The number of carbonyl (C=O) groups excluding carboxylic acids is 1. The second-order valence-electron chi connectivity index (χ2n) is 4.63. The van der Waals surface area contributed by atoms with E-state index < -0.39 is 17.8 Å². The van der Waals surface area contributed by atoms with E-state index in [0.717, 1.165) is 22.1 Å². The van der Waals surface area contributed by atoms with Crippen LogP contribution in [-0.4, -0.2) is 22.4 Å². The monoisotopic (exact) mass is 355 g/mol. The Morgan fingerprint density at radius 2 is 2.21 bits per heavy atom. The summed E-state index contributed by atoms with van der Waals surface area (Å²) >= 11 is 1.12. The third-order valence-corrected chi connectivity index (χ3v) is 4.01. The molecule has 0 fully saturated rings. The molecule has 0 N–H and O–H groups in total. The van der Waals surface area contributed by atoms with Crippen molar-refractivity contribution in [1.29, 1.82) is 5.26 Å². The van der Waals surface area contributed by atoms with Crippen molar-refractivity contribution >= 4 is 23.4 Å². The summed E-state index contributed by atoms with van der Waals surface area (Å²) in [4.78, 5) is 12.6. The molecule has 2 aromatic rings. The molecule has 0 bridgehead atoms. The van der Waals surface area contributed by atoms with Gasteiger partial charge in [-0.2, -0.15) is 23.5 Å². The molecule has 2 aromatic heterocycles. The number of nitrogens with zero attached hydrogens (tertiary/aromatic N) is 3. The van der Waals surface area contributed by atoms with Crippen LogP contribution in [0.4, 0.5) is 13.2 Å². The number of hydrogen-bond donors (Lipinski definition) is 0. The average Bonchev–Trinajstić information content (AvgIpc) is 3.10. The Bertz CT molecular complexity index is 828. The van der Waals surface area contributed by atoms with Crippen LogP contribution < -0.4 is 0 Å². The third-order valence-electron chi connectivity index (χ3n) is 2.95. The molecule has 0 saturated carbocycles. The Labute approximate surface area is 139 Å². The molecule has 5 nitrogen and oxygen atoms in total. The zero-order valence-corrected chi connectivity index (χ0v) is 13.5. The summed E-state index contributed by atoms with van der Waals surface area (Å²) in [6, 6.07) is 5.87. The zero-order valence-electron chi connectivity index (χ0n) is 12.7. The Morgan fingerprint density at radius 1 is 1.50 bits per heavy atom. The normalized spacial score (nSPS) is 12.1. The van der Waals surface area contributed by atoms with Gasteiger partial charge < -0.3 is 4.74 Å². The molecule has 0 spiro atoms. The maximum Gasteiger partial charge on any atom is 0.433 e. The molecule has 0 unspecified atom stereocenters. The van der Waals surface area contributed by atoms with Gasteiger partial charge in [-0.3, -0.25) is 4.68 Å². The quantitative estimate of drug-likeness (QED) is 0.477. The summed E-state index contributed by atoms with van der Waals surface area (Å²) in [6.07, 6.45) is -3.16. The van der Waals surface area contributed by atoms with Crippen molar-refractivity contribution in [3.8, 4) is 16.6 Å². The molecule has 0 aliphatic carbocycles. The fourth-order valence-corrected chi connectivity index (χ4v) is 2.82. The van der Waals surface area contributed by atoms with E-state index in [4.69, 9.17) is 10.00 Å². The van der Waals surface area contributed by atoms with Crippen LogP contribution in [0.2, 0.25) is 0 Å². The van der Waals surface area contributed by atoms with Gasteiger partial charge in [0.1, 0.15) is 23.0 Å². The summed E-state index contributed by atoms with van der Waals surface area (Å²) in [7, 11) is 1.22. The topological polar surface area (TPSA) is 67.9 Å². The number of esters is 1. The molecular formula is C15H12F3N3O2S. The fraction of sp³-hybridized carbons (Fsp3) is 0.267. The lowest BCUT2D eigenvalue weighted by atomic mass is 10.2. The average molecular weight is 355 g/mol. The minimum Gasteiger partial charge on any atom is -0.462 e. The van der Waals surface area contributed by atoms with Crippen LogP contribution in [0, 0.1) is 11.3 Å². The van der Waals surface area contributed by atoms with Gasteiger partial charge in [-0.05, 0) is 31.2 Å². The lowest BCUT2D eigenvalue weighted by Gasteiger charge is -2.04. The van der Waals surface area contributed by atoms with Crippen LogP contribution in [0.3, 0.4) is 0 Å². The van der Waals surface area contributed by atoms with Crippen LogP contribution in [0.5, 0.6) is 0 Å². The first kappa shape index (κ1) is 17.7. The van der Waals surface area contributed by atoms with Gasteiger partial charge in [0.05, 0.1) is 11.5 Å². The molecule has 0 aliphatic heterocycles. The van der Waals surface area contributed by atoms with Crippen molar-refractivity contribution in [3.05, 3.63) is 34.3 Å². The highest BCUT2D eigenvalue weighted by Crippen LogP contribution is 2.34. The number of aryl methyl sites for hydroxylation is 1. The lowest BCUT2D eigenvalue weighted by molar-refractivity contribution is -0.143. The molecule has 0 aliphatic rings. The highest BCUT2D eigenvalue weighted by molar-refractivity contribution is 7.16. The van der Waals surface area contributed by atoms with E-state index in [0.29, 0.717) is 9.75 Å². The molecule has 9 heteroatoms. The summed E-state index contributed by atoms with van der Waals surface area (Å²) < 4.78 is 43.9. The first-order valence-electron chi connectivity index (χ1n) is 6.76. The SMILES string of the molecule is CCOC(=O)C(C#N)=Cc1ccc(-c2cc(C(F)(F)F)n(C)n2)s1. The van der Waals surface area contributed by atoms with Gasteiger partial charge in [-0.1, -0.05) is 0 Å². The molecule has 0 radical (unpaired) electrons. The first-order chi connectivity index (χ1) is 11.3. The Balaban J connectivity index is 2.32. The second kappa shape index (κ2) is 6.88. The van der Waals surface area contributed by atoms with Crippen molar-refractivity contribution < 1.29 is 22.7 Å². The number of hydrogen-bond acceptors (Lipinski definition) is 5. The van der Waals surface area contributed by atoms with E-state index in [1.54, 1.807) is 25.1 Å². The summed E-state index contributed by atoms with van der Waals surface area (Å²) in [5, 5.41) is 12.8. The van der Waals surface area contributed by atoms with Gasteiger partial charge >= 0.3 is 12.1 Å². The molecule has 0 aromatic carbocycles. The maximum absolute atomic E-state index is 12.8. The molecule has 2 rings (SSSR count). The number of rotatable bonds is 4. The summed E-state index contributed by atoms with van der Waals surface area (Å²) in [5.74, 6) is -0.743. The Kier molecular flexibility index (Phi) is 5.09. The minimum absolute atomic E-state index is 0.141. The molecule has 2 heterocycles. The number of aromatic nitrogens is 2. The maximum atomic E-state index is 12.8. The zero-order chi connectivity index (χ0) is 17.9. The van der Waals surface area contributed by atoms with E-state index in [9.17, 15) is 18.0 Å². The van der Waals surface area contributed by atoms with Crippen molar-refractivity contribution in [2.24, 2.45) is 7.05 Å². The van der Waals surface area contributed by atoms with Crippen LogP contribution in [0.25, 0.3) is 16.6 Å². The van der Waals surface area contributed by atoms with E-state index in [1.807, 2.05) is 0 Å². The van der Waals surface area contributed by atoms with E-state index in [-0.39, 0.29) is 17.9 Å². The standard InChI is InChI=1S/C15H12F3N3O2S/c1-3-23-14(22)9(8-19)6-10-4-5-12(24-10)11-7-13(15(16,17)18)21(2)20-11/h4-7H,3H2,1-2H3. The van der Waals surface area contributed by atoms with Gasteiger partial charge in [0, 0.05) is 11.9 Å². The fourth-order valence-electron chi connectivity index (χ4n) is 1.91. The number of carbonyl (C=O) groups is 1. The predicted molar refractivity (Wildman–Crippen MR) is 81.7 cm³/mol. The van der Waals surface area contributed by atoms with Crippen LogP contribution in [0.15, 0.2) is 23.8 Å². The van der Waals surface area contributed by atoms with Crippen molar-refractivity contribution in [3.63, 3.8) is 0 Å². The van der Waals surface area contributed by atoms with E-state index in [2.05, 4.69) is 5.10 Å². The lowest BCUT2D eigenvalue weighted by Crippen LogP contribution is -2.11. The number of nitriles is 1. The van der Waals surface area contributed by atoms with Gasteiger partial charge in [-0.15, -0.1) is 11.3 Å². The van der Waals surface area contributed by atoms with Crippen LogP contribution in [-0.2, 0) is 22.8 Å². The van der Waals surface area contributed by atoms with Gasteiger partial charge in [0.25, 0.3) is 0 Å². The Hall–Kier alpha value is -2.60. The molecule has 0 atom stereocenters. The molecule has 0 saturated heterocycles. The Morgan fingerprint density at radius 3 is 2.75 bits per heavy atom. The number of halogens is 3. The number of ether oxygens (including phenoxy) is 1. The van der Waals surface area contributed by atoms with Crippen molar-refractivity contribution in [2.45, 2.75) is 13.1 Å². The smallest absolute Gasteiger partial charge is 0.433 e. The first-order valence-corrected chi connectivity index (χ1v) is 7.58. The van der Waals surface area contributed by atoms with Crippen molar-refractivity contribution in [2.75, 3.05) is 6.61 Å². The summed E-state index contributed by atoms with van der Waals surface area (Å²) in [5.41, 5.74) is -0.862. The van der Waals surface area contributed by atoms with Gasteiger partial charge in [0.15, 0.2) is 0 Å². The molecule has 0 amide bonds. The summed E-state index contributed by atoms with van der Waals surface area (Å²) in [6.45, 7) is 1.76. The largest absolute Gasteiger partial charge is 0.462 e. The predicted octanol–water partition coefficient (Wildman–Crippen LogP) is 3.64. The number of alkyl halides is 3. The molecular weight excluding hydrogens is 343 g/mol. The highest BCUT2D eigenvalue weighted by atomic mass is 32.1. The third kappa shape index (κ3) is 3.83. The van der Waals surface area contributed by atoms with Crippen LogP contribution >= 0.6 is 11.3 Å². The van der Waals surface area contributed by atoms with E-state index >= 15 is 0 Å². The molecule has 126 valence electrons. The van der Waals surface area contributed by atoms with Gasteiger partial charge in [0.2, 0.25) is 0 Å². The van der Waals surface area contributed by atoms with Crippen molar-refractivity contribution in [1.82, 2.24) is 9.78 Å². The number of thiophene rings is 1. The van der Waals surface area contributed by atoms with Gasteiger partial charge in [-0.25, -0.2) is 4.79 Å². The minimum atomic E-state index is -4.49. The van der Waals surface area contributed by atoms with Crippen LogP contribution in [0.1, 0.15) is 17.5 Å².